The van der Waals surface area contributed by atoms with Crippen molar-refractivity contribution < 1.29 is 0 Å². The molecule has 0 saturated carbocycles. The van der Waals surface area contributed by atoms with E-state index in [0.29, 0.717) is 0 Å². The SMILES string of the molecule is Cc1ccc(C2=NC(C)(C)C[N]2)cc1. The van der Waals surface area contributed by atoms with Gasteiger partial charge in [-0.05, 0) is 20.8 Å². The number of rotatable bonds is 1. The molecular formula is C12H15N2. The van der Waals surface area contributed by atoms with Crippen molar-refractivity contribution in [2.24, 2.45) is 4.99 Å². The van der Waals surface area contributed by atoms with E-state index < -0.39 is 0 Å². The van der Waals surface area contributed by atoms with E-state index in [1.54, 1.807) is 0 Å². The summed E-state index contributed by atoms with van der Waals surface area (Å²) in [4.78, 5) is 4.57. The van der Waals surface area contributed by atoms with Gasteiger partial charge in [0.25, 0.3) is 0 Å². The monoisotopic (exact) mass is 187 g/mol. The van der Waals surface area contributed by atoms with Gasteiger partial charge in [-0.3, -0.25) is 10.3 Å². The highest BCUT2D eigenvalue weighted by Gasteiger charge is 2.25. The predicted molar refractivity (Wildman–Crippen MR) is 58.8 cm³/mol. The number of amidine groups is 1. The van der Waals surface area contributed by atoms with E-state index in [1.165, 1.54) is 5.56 Å². The third-order valence-corrected chi connectivity index (χ3v) is 2.33. The molecule has 0 saturated heterocycles. The Morgan fingerprint density at radius 1 is 1.14 bits per heavy atom. The standard InChI is InChI=1S/C12H15N2/c1-9-4-6-10(7-5-9)11-13-8-12(2,3)14-11/h4-7H,8H2,1-3H3. The average molecular weight is 187 g/mol. The summed E-state index contributed by atoms with van der Waals surface area (Å²) in [6.45, 7) is 7.10. The van der Waals surface area contributed by atoms with Gasteiger partial charge in [0, 0.05) is 5.56 Å². The molecule has 1 aliphatic heterocycles. The summed E-state index contributed by atoms with van der Waals surface area (Å²) in [6.07, 6.45) is 0. The van der Waals surface area contributed by atoms with Crippen molar-refractivity contribution in [1.82, 2.24) is 5.32 Å². The molecule has 0 aliphatic carbocycles. The Morgan fingerprint density at radius 2 is 1.79 bits per heavy atom. The van der Waals surface area contributed by atoms with Crippen molar-refractivity contribution in [3.63, 3.8) is 0 Å². The molecule has 14 heavy (non-hydrogen) atoms. The minimum absolute atomic E-state index is 0.0137. The van der Waals surface area contributed by atoms with E-state index in [4.69, 9.17) is 0 Å². The lowest BCUT2D eigenvalue weighted by atomic mass is 10.1. The van der Waals surface area contributed by atoms with E-state index in [0.717, 1.165) is 17.9 Å². The first-order valence-electron chi connectivity index (χ1n) is 4.91. The van der Waals surface area contributed by atoms with Crippen molar-refractivity contribution in [2.75, 3.05) is 6.54 Å². The van der Waals surface area contributed by atoms with E-state index in [9.17, 15) is 0 Å². The molecule has 0 aromatic heterocycles. The van der Waals surface area contributed by atoms with Gasteiger partial charge in [0.1, 0.15) is 0 Å². The van der Waals surface area contributed by atoms with Gasteiger partial charge in [0.2, 0.25) is 0 Å². The first-order chi connectivity index (χ1) is 6.57. The van der Waals surface area contributed by atoms with Crippen LogP contribution in [-0.4, -0.2) is 17.9 Å². The summed E-state index contributed by atoms with van der Waals surface area (Å²) < 4.78 is 0. The van der Waals surface area contributed by atoms with Gasteiger partial charge in [-0.25, -0.2) is 0 Å². The van der Waals surface area contributed by atoms with E-state index >= 15 is 0 Å². The molecule has 0 atom stereocenters. The number of hydrogen-bond acceptors (Lipinski definition) is 1. The van der Waals surface area contributed by atoms with Crippen LogP contribution in [0.25, 0.3) is 0 Å². The molecular weight excluding hydrogens is 172 g/mol. The Bertz CT molecular complexity index is 360. The highest BCUT2D eigenvalue weighted by molar-refractivity contribution is 6.00. The van der Waals surface area contributed by atoms with Crippen molar-refractivity contribution in [3.05, 3.63) is 35.4 Å². The molecule has 2 rings (SSSR count). The number of nitrogens with zero attached hydrogens (tertiary/aromatic N) is 2. The topological polar surface area (TPSA) is 26.5 Å². The largest absolute Gasteiger partial charge is 0.264 e. The summed E-state index contributed by atoms with van der Waals surface area (Å²) in [6, 6.07) is 8.36. The molecule has 0 unspecified atom stereocenters. The Morgan fingerprint density at radius 3 is 2.29 bits per heavy atom. The maximum absolute atomic E-state index is 4.57. The van der Waals surface area contributed by atoms with Crippen LogP contribution in [0.5, 0.6) is 0 Å². The lowest BCUT2D eigenvalue weighted by Crippen LogP contribution is -2.21. The van der Waals surface area contributed by atoms with Crippen molar-refractivity contribution >= 4 is 5.84 Å². The van der Waals surface area contributed by atoms with E-state index in [2.05, 4.69) is 55.3 Å². The number of aryl methyl sites for hydroxylation is 1. The minimum Gasteiger partial charge on any atom is -0.264 e. The van der Waals surface area contributed by atoms with Crippen LogP contribution in [0.3, 0.4) is 0 Å². The minimum atomic E-state index is -0.0137. The summed E-state index contributed by atoms with van der Waals surface area (Å²) in [5.41, 5.74) is 2.38. The molecule has 1 radical (unpaired) electrons. The second-order valence-corrected chi connectivity index (χ2v) is 4.43. The van der Waals surface area contributed by atoms with Gasteiger partial charge < -0.3 is 0 Å². The lowest BCUT2D eigenvalue weighted by molar-refractivity contribution is 0.546. The van der Waals surface area contributed by atoms with Gasteiger partial charge in [-0.15, -0.1) is 0 Å². The van der Waals surface area contributed by atoms with E-state index in [1.807, 2.05) is 0 Å². The molecule has 73 valence electrons. The predicted octanol–water partition coefficient (Wildman–Crippen LogP) is 2.14. The summed E-state index contributed by atoms with van der Waals surface area (Å²) >= 11 is 0. The number of aliphatic imine (C=N–C) groups is 1. The molecule has 1 aromatic rings. The zero-order chi connectivity index (χ0) is 10.2. The zero-order valence-electron chi connectivity index (χ0n) is 8.91. The van der Waals surface area contributed by atoms with Crippen LogP contribution in [0.15, 0.2) is 29.3 Å². The lowest BCUT2D eigenvalue weighted by Gasteiger charge is -2.08. The van der Waals surface area contributed by atoms with Crippen LogP contribution in [0, 0.1) is 6.92 Å². The van der Waals surface area contributed by atoms with Crippen LogP contribution in [0.1, 0.15) is 25.0 Å². The molecule has 0 fully saturated rings. The molecule has 2 nitrogen and oxygen atoms in total. The first kappa shape index (κ1) is 9.25. The fourth-order valence-electron chi connectivity index (χ4n) is 1.48. The van der Waals surface area contributed by atoms with Gasteiger partial charge >= 0.3 is 0 Å². The normalized spacial score (nSPS) is 18.9. The molecule has 0 bridgehead atoms. The zero-order valence-corrected chi connectivity index (χ0v) is 8.91. The Balaban J connectivity index is 2.29. The quantitative estimate of drug-likeness (QED) is 0.644. The van der Waals surface area contributed by atoms with Gasteiger partial charge in [-0.2, -0.15) is 0 Å². The third-order valence-electron chi connectivity index (χ3n) is 2.33. The van der Waals surface area contributed by atoms with Crippen LogP contribution < -0.4 is 5.32 Å². The second kappa shape index (κ2) is 3.12. The van der Waals surface area contributed by atoms with E-state index in [-0.39, 0.29) is 5.54 Å². The second-order valence-electron chi connectivity index (χ2n) is 4.43. The smallest absolute Gasteiger partial charge is 0.150 e. The van der Waals surface area contributed by atoms with Crippen LogP contribution in [0.2, 0.25) is 0 Å². The molecule has 1 aliphatic rings. The third kappa shape index (κ3) is 1.79. The van der Waals surface area contributed by atoms with Crippen molar-refractivity contribution in [2.45, 2.75) is 26.3 Å². The molecule has 0 amide bonds. The Labute approximate surface area is 85.1 Å². The van der Waals surface area contributed by atoms with Gasteiger partial charge in [0.15, 0.2) is 5.84 Å². The molecule has 0 N–H and O–H groups in total. The molecule has 1 aromatic carbocycles. The fourth-order valence-corrected chi connectivity index (χ4v) is 1.48. The summed E-state index contributed by atoms with van der Waals surface area (Å²) in [5.74, 6) is 0.898. The highest BCUT2D eigenvalue weighted by atomic mass is 15.1. The highest BCUT2D eigenvalue weighted by Crippen LogP contribution is 2.17. The molecule has 2 heteroatoms. The van der Waals surface area contributed by atoms with Crippen LogP contribution in [-0.2, 0) is 0 Å². The fraction of sp³-hybridized carbons (Fsp3) is 0.417. The average Bonchev–Trinajstić information content (AvgIpc) is 2.47. The van der Waals surface area contributed by atoms with Crippen molar-refractivity contribution in [1.29, 1.82) is 0 Å². The van der Waals surface area contributed by atoms with Gasteiger partial charge in [-0.1, -0.05) is 29.8 Å². The Hall–Kier alpha value is -1.31. The summed E-state index contributed by atoms with van der Waals surface area (Å²) in [5, 5.41) is 4.44. The van der Waals surface area contributed by atoms with Crippen molar-refractivity contribution in [3.8, 4) is 0 Å². The molecule has 0 spiro atoms. The summed E-state index contributed by atoms with van der Waals surface area (Å²) in [7, 11) is 0. The van der Waals surface area contributed by atoms with Gasteiger partial charge in [0.05, 0.1) is 12.1 Å². The maximum Gasteiger partial charge on any atom is 0.150 e. The van der Waals surface area contributed by atoms with Crippen LogP contribution in [0.4, 0.5) is 0 Å². The number of benzene rings is 1. The van der Waals surface area contributed by atoms with Crippen LogP contribution >= 0.6 is 0 Å². The Kier molecular flexibility index (Phi) is 2.06. The maximum atomic E-state index is 4.57. The number of hydrogen-bond donors (Lipinski definition) is 0. The molecule has 1 heterocycles. The first-order valence-corrected chi connectivity index (χ1v) is 4.91.